The molecule has 16 heavy (non-hydrogen) atoms. The average molecular weight is 296 g/mol. The van der Waals surface area contributed by atoms with Crippen LogP contribution in [0.5, 0.6) is 5.75 Å². The second-order valence-corrected chi connectivity index (χ2v) is 3.37. The molecule has 1 N–H and O–H groups in total. The first-order chi connectivity index (χ1) is 7.52. The topological polar surface area (TPSA) is 59.4 Å². The summed E-state index contributed by atoms with van der Waals surface area (Å²) < 4.78 is 29.9. The number of aromatic nitrogens is 1. The first kappa shape index (κ1) is 12.8. The van der Waals surface area contributed by atoms with E-state index in [4.69, 9.17) is 9.84 Å². The third-order valence-electron chi connectivity index (χ3n) is 1.92. The molecule has 1 aromatic rings. The lowest BCUT2D eigenvalue weighted by atomic mass is 10.1. The molecule has 0 aliphatic carbocycles. The van der Waals surface area contributed by atoms with Gasteiger partial charge in [0.1, 0.15) is 11.3 Å². The fraction of sp³-hybridized carbons (Fsp3) is 0.333. The third kappa shape index (κ3) is 2.29. The minimum Gasteiger partial charge on any atom is -0.495 e. The number of pyridine rings is 1. The van der Waals surface area contributed by atoms with E-state index in [-0.39, 0.29) is 22.3 Å². The molecule has 0 atom stereocenters. The quantitative estimate of drug-likeness (QED) is 0.868. The standard InChI is InChI=1S/C9H8BrF2NO3/c1-16-7-4(8(11)12)3-13-5(2-10)6(7)9(14)15/h3,8H,2H2,1H3,(H,14,15). The van der Waals surface area contributed by atoms with E-state index in [1.54, 1.807) is 0 Å². The van der Waals surface area contributed by atoms with Gasteiger partial charge >= 0.3 is 5.97 Å². The number of carboxylic acids is 1. The summed E-state index contributed by atoms with van der Waals surface area (Å²) in [5, 5.41) is 9.08. The van der Waals surface area contributed by atoms with Gasteiger partial charge in [-0.05, 0) is 0 Å². The van der Waals surface area contributed by atoms with E-state index in [9.17, 15) is 13.6 Å². The lowest BCUT2D eigenvalue weighted by molar-refractivity contribution is 0.0690. The Bertz CT molecular complexity index is 412. The zero-order valence-corrected chi connectivity index (χ0v) is 9.79. The molecule has 0 saturated carbocycles. The molecule has 4 nitrogen and oxygen atoms in total. The summed E-state index contributed by atoms with van der Waals surface area (Å²) >= 11 is 3.03. The van der Waals surface area contributed by atoms with Crippen LogP contribution < -0.4 is 4.74 Å². The molecular weight excluding hydrogens is 288 g/mol. The second-order valence-electron chi connectivity index (χ2n) is 2.81. The highest BCUT2D eigenvalue weighted by molar-refractivity contribution is 9.08. The highest BCUT2D eigenvalue weighted by atomic mass is 79.9. The highest BCUT2D eigenvalue weighted by Crippen LogP contribution is 2.33. The molecule has 0 spiro atoms. The largest absolute Gasteiger partial charge is 0.495 e. The highest BCUT2D eigenvalue weighted by Gasteiger charge is 2.24. The van der Waals surface area contributed by atoms with Gasteiger partial charge in [0.25, 0.3) is 6.43 Å². The van der Waals surface area contributed by atoms with Crippen molar-refractivity contribution in [1.82, 2.24) is 4.98 Å². The van der Waals surface area contributed by atoms with E-state index in [1.165, 1.54) is 0 Å². The van der Waals surface area contributed by atoms with Crippen LogP contribution in [0.1, 0.15) is 28.0 Å². The number of nitrogens with zero attached hydrogens (tertiary/aromatic N) is 1. The lowest BCUT2D eigenvalue weighted by Crippen LogP contribution is -2.09. The minimum atomic E-state index is -2.83. The van der Waals surface area contributed by atoms with Crippen molar-refractivity contribution < 1.29 is 23.4 Å². The summed E-state index contributed by atoms with van der Waals surface area (Å²) in [7, 11) is 1.14. The maximum Gasteiger partial charge on any atom is 0.341 e. The number of halogens is 3. The molecular formula is C9H8BrF2NO3. The Balaban J connectivity index is 3.49. The van der Waals surface area contributed by atoms with Crippen molar-refractivity contribution in [2.75, 3.05) is 7.11 Å². The molecule has 1 heterocycles. The van der Waals surface area contributed by atoms with Crippen molar-refractivity contribution in [3.05, 3.63) is 23.0 Å². The Morgan fingerprint density at radius 2 is 2.31 bits per heavy atom. The number of alkyl halides is 3. The van der Waals surface area contributed by atoms with Gasteiger partial charge in [-0.1, -0.05) is 15.9 Å². The summed E-state index contributed by atoms with van der Waals surface area (Å²) in [4.78, 5) is 14.6. The van der Waals surface area contributed by atoms with Crippen LogP contribution >= 0.6 is 15.9 Å². The zero-order chi connectivity index (χ0) is 12.3. The Morgan fingerprint density at radius 1 is 1.69 bits per heavy atom. The first-order valence-electron chi connectivity index (χ1n) is 4.16. The molecule has 0 aliphatic rings. The van der Waals surface area contributed by atoms with E-state index >= 15 is 0 Å². The first-order valence-corrected chi connectivity index (χ1v) is 5.28. The molecule has 0 saturated heterocycles. The van der Waals surface area contributed by atoms with E-state index in [2.05, 4.69) is 20.9 Å². The van der Waals surface area contributed by atoms with E-state index in [0.717, 1.165) is 13.3 Å². The van der Waals surface area contributed by atoms with Crippen LogP contribution in [0.4, 0.5) is 8.78 Å². The van der Waals surface area contributed by atoms with Gasteiger partial charge in [-0.3, -0.25) is 4.98 Å². The van der Waals surface area contributed by atoms with Crippen LogP contribution in [0.2, 0.25) is 0 Å². The zero-order valence-electron chi connectivity index (χ0n) is 8.21. The summed E-state index contributed by atoms with van der Waals surface area (Å²) in [6, 6.07) is 0. The van der Waals surface area contributed by atoms with Gasteiger partial charge < -0.3 is 9.84 Å². The normalized spacial score (nSPS) is 10.6. The summed E-state index contributed by atoms with van der Waals surface area (Å²) in [6.45, 7) is 0. The van der Waals surface area contributed by atoms with E-state index < -0.39 is 18.0 Å². The molecule has 88 valence electrons. The van der Waals surface area contributed by atoms with Crippen LogP contribution in [0.3, 0.4) is 0 Å². The number of rotatable bonds is 4. The van der Waals surface area contributed by atoms with Crippen molar-refractivity contribution in [3.63, 3.8) is 0 Å². The average Bonchev–Trinajstić information content (AvgIpc) is 2.26. The fourth-order valence-electron chi connectivity index (χ4n) is 1.24. The molecule has 1 aromatic heterocycles. The Morgan fingerprint density at radius 3 is 2.69 bits per heavy atom. The number of hydrogen-bond donors (Lipinski definition) is 1. The number of carboxylic acid groups (broad SMARTS) is 1. The van der Waals surface area contributed by atoms with Gasteiger partial charge in [0.2, 0.25) is 0 Å². The number of hydrogen-bond acceptors (Lipinski definition) is 3. The summed E-state index contributed by atoms with van der Waals surface area (Å²) in [5.74, 6) is -1.69. The third-order valence-corrected chi connectivity index (χ3v) is 2.45. The van der Waals surface area contributed by atoms with Crippen LogP contribution in [0, 0.1) is 0 Å². The molecule has 0 amide bonds. The maximum absolute atomic E-state index is 12.6. The van der Waals surface area contributed by atoms with E-state index in [0.29, 0.717) is 0 Å². The van der Waals surface area contributed by atoms with Gasteiger partial charge in [-0.15, -0.1) is 0 Å². The molecule has 1 rings (SSSR count). The van der Waals surface area contributed by atoms with Crippen molar-refractivity contribution >= 4 is 21.9 Å². The molecule has 7 heteroatoms. The molecule has 0 aromatic carbocycles. The van der Waals surface area contributed by atoms with Gasteiger partial charge in [0.15, 0.2) is 0 Å². The van der Waals surface area contributed by atoms with Gasteiger partial charge in [0, 0.05) is 11.5 Å². The second kappa shape index (κ2) is 5.20. The molecule has 0 radical (unpaired) electrons. The fourth-order valence-corrected chi connectivity index (χ4v) is 1.67. The summed E-state index contributed by atoms with van der Waals surface area (Å²) in [5.41, 5.74) is -0.712. The number of ether oxygens (including phenoxy) is 1. The van der Waals surface area contributed by atoms with Crippen molar-refractivity contribution in [3.8, 4) is 5.75 Å². The van der Waals surface area contributed by atoms with Crippen LogP contribution in [0.25, 0.3) is 0 Å². The van der Waals surface area contributed by atoms with Gasteiger partial charge in [0.05, 0.1) is 18.4 Å². The van der Waals surface area contributed by atoms with Crippen LogP contribution in [0.15, 0.2) is 6.20 Å². The van der Waals surface area contributed by atoms with Crippen molar-refractivity contribution in [2.24, 2.45) is 0 Å². The molecule has 0 unspecified atom stereocenters. The molecule has 0 aliphatic heterocycles. The SMILES string of the molecule is COc1c(C(F)F)cnc(CBr)c1C(=O)O. The van der Waals surface area contributed by atoms with Crippen molar-refractivity contribution in [2.45, 2.75) is 11.8 Å². The minimum absolute atomic E-state index is 0.147. The predicted molar refractivity (Wildman–Crippen MR) is 55.3 cm³/mol. The summed E-state index contributed by atoms with van der Waals surface area (Å²) in [6.07, 6.45) is -1.91. The number of carbonyl (C=O) groups is 1. The predicted octanol–water partition coefficient (Wildman–Crippen LogP) is 2.62. The van der Waals surface area contributed by atoms with E-state index in [1.807, 2.05) is 0 Å². The Labute approximate surface area is 98.4 Å². The van der Waals surface area contributed by atoms with Crippen molar-refractivity contribution in [1.29, 1.82) is 0 Å². The molecule has 0 fully saturated rings. The smallest absolute Gasteiger partial charge is 0.341 e. The number of methoxy groups -OCH3 is 1. The van der Waals surface area contributed by atoms with Gasteiger partial charge in [-0.25, -0.2) is 13.6 Å². The monoisotopic (exact) mass is 295 g/mol. The van der Waals surface area contributed by atoms with Crippen LogP contribution in [-0.2, 0) is 5.33 Å². The lowest BCUT2D eigenvalue weighted by Gasteiger charge is -2.12. The Kier molecular flexibility index (Phi) is 4.17. The Hall–Kier alpha value is -1.24. The number of aromatic carboxylic acids is 1. The maximum atomic E-state index is 12.6. The van der Waals surface area contributed by atoms with Gasteiger partial charge in [-0.2, -0.15) is 0 Å². The molecule has 0 bridgehead atoms. The van der Waals surface area contributed by atoms with Crippen LogP contribution in [-0.4, -0.2) is 23.2 Å².